The average Bonchev–Trinajstić information content (AvgIpc) is 3.27. The molecule has 1 aromatic carbocycles. The lowest BCUT2D eigenvalue weighted by Crippen LogP contribution is -2.28. The number of aromatic nitrogens is 3. The summed E-state index contributed by atoms with van der Waals surface area (Å²) in [5, 5.41) is 36.1. The number of aliphatic hydroxyl groups excluding tert-OH is 2. The van der Waals surface area contributed by atoms with E-state index < -0.39 is 0 Å². The predicted molar refractivity (Wildman–Crippen MR) is 133 cm³/mol. The molecule has 1 aliphatic rings. The van der Waals surface area contributed by atoms with Crippen LogP contribution in [0.2, 0.25) is 0 Å². The fourth-order valence-corrected chi connectivity index (χ4v) is 5.14. The van der Waals surface area contributed by atoms with Crippen molar-refractivity contribution in [1.82, 2.24) is 15.0 Å². The topological polar surface area (TPSA) is 127 Å². The summed E-state index contributed by atoms with van der Waals surface area (Å²) in [6.07, 6.45) is 6.39. The van der Waals surface area contributed by atoms with E-state index in [4.69, 9.17) is 4.98 Å². The zero-order valence-corrected chi connectivity index (χ0v) is 19.2. The number of fused-ring (bicyclic) bond motifs is 1. The molecule has 0 aliphatic heterocycles. The number of pyridine rings is 2. The zero-order valence-electron chi connectivity index (χ0n) is 18.4. The van der Waals surface area contributed by atoms with E-state index in [1.54, 1.807) is 12.4 Å². The van der Waals surface area contributed by atoms with E-state index in [2.05, 4.69) is 26.7 Å². The molecule has 172 valence electrons. The van der Waals surface area contributed by atoms with E-state index in [0.29, 0.717) is 22.3 Å². The maximum atomic E-state index is 9.75. The molecule has 0 bridgehead atoms. The van der Waals surface area contributed by atoms with Crippen molar-refractivity contribution in [3.63, 3.8) is 0 Å². The van der Waals surface area contributed by atoms with Gasteiger partial charge in [-0.05, 0) is 55.5 Å². The first kappa shape index (κ1) is 22.2. The summed E-state index contributed by atoms with van der Waals surface area (Å²) < 4.78 is 1.000. The minimum Gasteiger partial charge on any atom is -0.393 e. The van der Waals surface area contributed by atoms with Crippen LogP contribution < -0.4 is 10.6 Å². The molecule has 9 heteroatoms. The molecular formula is C25H24N6O2S. The molecule has 4 N–H and O–H groups in total. The van der Waals surface area contributed by atoms with Crippen LogP contribution in [-0.2, 0) is 6.61 Å². The van der Waals surface area contributed by atoms with Crippen LogP contribution in [0.25, 0.3) is 21.3 Å². The molecule has 0 unspecified atom stereocenters. The van der Waals surface area contributed by atoms with Crippen LogP contribution in [0.1, 0.15) is 36.8 Å². The van der Waals surface area contributed by atoms with Gasteiger partial charge in [0.2, 0.25) is 0 Å². The molecule has 5 rings (SSSR count). The highest BCUT2D eigenvalue weighted by atomic mass is 32.1. The van der Waals surface area contributed by atoms with Gasteiger partial charge in [-0.2, -0.15) is 5.26 Å². The van der Waals surface area contributed by atoms with Crippen molar-refractivity contribution in [1.29, 1.82) is 5.26 Å². The normalized spacial score (nSPS) is 17.9. The number of para-hydroxylation sites is 1. The molecule has 3 aromatic heterocycles. The van der Waals surface area contributed by atoms with Crippen molar-refractivity contribution in [3.05, 3.63) is 59.9 Å². The fourth-order valence-electron chi connectivity index (χ4n) is 4.24. The molecule has 1 aliphatic carbocycles. The van der Waals surface area contributed by atoms with Gasteiger partial charge in [0, 0.05) is 29.6 Å². The second-order valence-corrected chi connectivity index (χ2v) is 9.45. The first-order chi connectivity index (χ1) is 16.6. The molecule has 4 aromatic rings. The Morgan fingerprint density at radius 2 is 1.88 bits per heavy atom. The van der Waals surface area contributed by atoms with E-state index in [-0.39, 0.29) is 18.8 Å². The Labute approximate surface area is 201 Å². The lowest BCUT2D eigenvalue weighted by molar-refractivity contribution is 0.126. The standard InChI is InChI=1S/C25H24N6O2S/c26-11-16-8-17(13-27-12-16)20-2-1-3-21-24(20)31-25(34-21)30-23-10-15(14-32)9-22(29-23)28-18-4-6-19(33)7-5-18/h1-3,8-10,12-13,18-19,32-33H,4-7,14H2,(H2,28,29,30,31)/t18-,19-. The van der Waals surface area contributed by atoms with Crippen LogP contribution >= 0.6 is 11.3 Å². The van der Waals surface area contributed by atoms with E-state index in [9.17, 15) is 15.5 Å². The quantitative estimate of drug-likeness (QED) is 0.321. The van der Waals surface area contributed by atoms with Gasteiger partial charge in [-0.15, -0.1) is 0 Å². The van der Waals surface area contributed by atoms with Gasteiger partial charge in [0.25, 0.3) is 0 Å². The Hall–Kier alpha value is -3.58. The average molecular weight is 473 g/mol. The molecular weight excluding hydrogens is 448 g/mol. The monoisotopic (exact) mass is 472 g/mol. The molecule has 1 fully saturated rings. The van der Waals surface area contributed by atoms with Gasteiger partial charge in [-0.25, -0.2) is 9.97 Å². The van der Waals surface area contributed by atoms with Gasteiger partial charge in [0.1, 0.15) is 17.7 Å². The maximum Gasteiger partial charge on any atom is 0.189 e. The van der Waals surface area contributed by atoms with Gasteiger partial charge in [-0.3, -0.25) is 4.98 Å². The lowest BCUT2D eigenvalue weighted by Gasteiger charge is -2.26. The minimum atomic E-state index is -0.214. The Balaban J connectivity index is 1.42. The van der Waals surface area contributed by atoms with Crippen LogP contribution in [-0.4, -0.2) is 37.3 Å². The van der Waals surface area contributed by atoms with E-state index in [1.807, 2.05) is 36.4 Å². The van der Waals surface area contributed by atoms with Crippen molar-refractivity contribution >= 4 is 38.3 Å². The first-order valence-electron chi connectivity index (χ1n) is 11.2. The van der Waals surface area contributed by atoms with Crippen LogP contribution in [0.4, 0.5) is 16.8 Å². The maximum absolute atomic E-state index is 9.75. The number of nitrogens with zero attached hydrogens (tertiary/aromatic N) is 4. The summed E-state index contributed by atoms with van der Waals surface area (Å²) in [7, 11) is 0. The van der Waals surface area contributed by atoms with Crippen LogP contribution in [0.5, 0.6) is 0 Å². The Morgan fingerprint density at radius 1 is 1.06 bits per heavy atom. The SMILES string of the molecule is N#Cc1cncc(-c2cccc3sc(Nc4cc(CO)cc(N[C@H]5CC[C@H](O)CC5)n4)nc23)c1. The second-order valence-electron chi connectivity index (χ2n) is 8.42. The zero-order chi connectivity index (χ0) is 23.5. The number of hydrogen-bond donors (Lipinski definition) is 4. The number of hydrogen-bond acceptors (Lipinski definition) is 9. The largest absolute Gasteiger partial charge is 0.393 e. The van der Waals surface area contributed by atoms with Crippen molar-refractivity contribution < 1.29 is 10.2 Å². The number of rotatable bonds is 6. The van der Waals surface area contributed by atoms with E-state index >= 15 is 0 Å². The second kappa shape index (κ2) is 9.73. The lowest BCUT2D eigenvalue weighted by atomic mass is 9.93. The fraction of sp³-hybridized carbons (Fsp3) is 0.280. The number of nitriles is 1. The molecule has 0 spiro atoms. The molecule has 1 saturated carbocycles. The highest BCUT2D eigenvalue weighted by Gasteiger charge is 2.20. The summed E-state index contributed by atoms with van der Waals surface area (Å²) in [4.78, 5) is 13.7. The molecule has 0 atom stereocenters. The number of anilines is 3. The highest BCUT2D eigenvalue weighted by Crippen LogP contribution is 2.35. The van der Waals surface area contributed by atoms with E-state index in [0.717, 1.165) is 52.6 Å². The third-order valence-corrected chi connectivity index (χ3v) is 6.88. The van der Waals surface area contributed by atoms with Crippen LogP contribution in [0.15, 0.2) is 48.8 Å². The van der Waals surface area contributed by atoms with Gasteiger partial charge >= 0.3 is 0 Å². The van der Waals surface area contributed by atoms with Crippen molar-refractivity contribution in [3.8, 4) is 17.2 Å². The third kappa shape index (κ3) is 4.84. The van der Waals surface area contributed by atoms with Crippen molar-refractivity contribution in [2.24, 2.45) is 0 Å². The van der Waals surface area contributed by atoms with Gasteiger partial charge in [0.15, 0.2) is 5.13 Å². The van der Waals surface area contributed by atoms with Crippen LogP contribution in [0.3, 0.4) is 0 Å². The third-order valence-electron chi connectivity index (χ3n) is 5.95. The first-order valence-corrected chi connectivity index (χ1v) is 12.0. The number of aliphatic hydroxyl groups is 2. The molecule has 3 heterocycles. The smallest absolute Gasteiger partial charge is 0.189 e. The molecule has 0 radical (unpaired) electrons. The molecule has 8 nitrogen and oxygen atoms in total. The Morgan fingerprint density at radius 3 is 2.68 bits per heavy atom. The summed E-state index contributed by atoms with van der Waals surface area (Å²) in [5.41, 5.74) is 3.82. The number of nitrogens with one attached hydrogen (secondary N) is 2. The van der Waals surface area contributed by atoms with Gasteiger partial charge in [-0.1, -0.05) is 23.5 Å². The van der Waals surface area contributed by atoms with Crippen molar-refractivity contribution in [2.45, 2.75) is 44.4 Å². The summed E-state index contributed by atoms with van der Waals surface area (Å²) in [6, 6.07) is 13.8. The van der Waals surface area contributed by atoms with Gasteiger partial charge < -0.3 is 20.8 Å². The summed E-state index contributed by atoms with van der Waals surface area (Å²) in [5.74, 6) is 1.29. The van der Waals surface area contributed by atoms with E-state index in [1.165, 1.54) is 11.3 Å². The summed E-state index contributed by atoms with van der Waals surface area (Å²) >= 11 is 1.51. The molecule has 0 saturated heterocycles. The number of thiazole rings is 1. The Bertz CT molecular complexity index is 1360. The van der Waals surface area contributed by atoms with Crippen LogP contribution in [0, 0.1) is 11.3 Å². The minimum absolute atomic E-state index is 0.0957. The molecule has 0 amide bonds. The predicted octanol–water partition coefficient (Wildman–Crippen LogP) is 4.58. The van der Waals surface area contributed by atoms with Crippen molar-refractivity contribution in [2.75, 3.05) is 10.6 Å². The van der Waals surface area contributed by atoms with Gasteiger partial charge in [0.05, 0.1) is 28.5 Å². The highest BCUT2D eigenvalue weighted by molar-refractivity contribution is 7.22. The Kier molecular flexibility index (Phi) is 6.36. The summed E-state index contributed by atoms with van der Waals surface area (Å²) in [6.45, 7) is -0.0957. The number of benzene rings is 1. The molecule has 34 heavy (non-hydrogen) atoms.